The lowest BCUT2D eigenvalue weighted by Gasteiger charge is -2.10. The molecule has 0 aliphatic heterocycles. The third-order valence-electron chi connectivity index (χ3n) is 3.37. The second-order valence-electron chi connectivity index (χ2n) is 5.56. The third-order valence-corrected chi connectivity index (χ3v) is 3.37. The van der Waals surface area contributed by atoms with Gasteiger partial charge in [0.25, 0.3) is 0 Å². The highest BCUT2D eigenvalue weighted by molar-refractivity contribution is 5.92. The fourth-order valence-corrected chi connectivity index (χ4v) is 2.02. The average Bonchev–Trinajstić information content (AvgIpc) is 2.50. The van der Waals surface area contributed by atoms with Crippen LogP contribution in [0, 0.1) is 0 Å². The summed E-state index contributed by atoms with van der Waals surface area (Å²) in [7, 11) is 1.41. The van der Waals surface area contributed by atoms with Gasteiger partial charge in [0.1, 0.15) is 0 Å². The summed E-state index contributed by atoms with van der Waals surface area (Å²) in [5.74, 6) is 0.748. The van der Waals surface area contributed by atoms with Gasteiger partial charge in [-0.3, -0.25) is 9.79 Å². The number of nitrogens with one attached hydrogen (secondary N) is 1. The van der Waals surface area contributed by atoms with Gasteiger partial charge < -0.3 is 15.8 Å². The summed E-state index contributed by atoms with van der Waals surface area (Å²) in [6.07, 6.45) is 3.14. The summed E-state index contributed by atoms with van der Waals surface area (Å²) in [5.41, 5.74) is 8.10. The van der Waals surface area contributed by atoms with Crippen LogP contribution in [0.2, 0.25) is 0 Å². The first-order valence-electron chi connectivity index (χ1n) is 7.76. The number of nitrogens with two attached hydrogens (primary N) is 1. The van der Waals surface area contributed by atoms with Crippen LogP contribution in [0.3, 0.4) is 0 Å². The fourth-order valence-electron chi connectivity index (χ4n) is 2.02. The van der Waals surface area contributed by atoms with E-state index in [4.69, 9.17) is 5.73 Å². The van der Waals surface area contributed by atoms with E-state index in [-0.39, 0.29) is 5.97 Å². The van der Waals surface area contributed by atoms with Crippen molar-refractivity contribution in [2.45, 2.75) is 45.4 Å². The van der Waals surface area contributed by atoms with Crippen LogP contribution in [-0.2, 0) is 9.53 Å². The molecule has 0 radical (unpaired) electrons. The average molecular weight is 305 g/mol. The zero-order valence-corrected chi connectivity index (χ0v) is 13.8. The van der Waals surface area contributed by atoms with E-state index in [0.717, 1.165) is 24.9 Å². The molecule has 0 amide bonds. The summed E-state index contributed by atoms with van der Waals surface area (Å²) >= 11 is 0. The van der Waals surface area contributed by atoms with Gasteiger partial charge in [-0.15, -0.1) is 0 Å². The van der Waals surface area contributed by atoms with Crippen LogP contribution in [0.15, 0.2) is 29.3 Å². The lowest BCUT2D eigenvalue weighted by Crippen LogP contribution is -2.22. The van der Waals surface area contributed by atoms with Gasteiger partial charge in [0.05, 0.1) is 7.11 Å². The summed E-state index contributed by atoms with van der Waals surface area (Å²) < 4.78 is 4.59. The summed E-state index contributed by atoms with van der Waals surface area (Å²) in [6, 6.07) is 8.18. The molecule has 0 fully saturated rings. The monoisotopic (exact) mass is 305 g/mol. The number of benzene rings is 1. The Balaban J connectivity index is 2.31. The van der Waals surface area contributed by atoms with Crippen molar-refractivity contribution >= 4 is 17.6 Å². The SMILES string of the molecule is COC(=O)CCCCCN=C(N)Nc1cccc(C(C)C)c1. The van der Waals surface area contributed by atoms with E-state index in [1.54, 1.807) is 0 Å². The zero-order valence-electron chi connectivity index (χ0n) is 13.8. The van der Waals surface area contributed by atoms with Crippen molar-refractivity contribution in [1.82, 2.24) is 0 Å². The van der Waals surface area contributed by atoms with E-state index >= 15 is 0 Å². The number of rotatable bonds is 8. The highest BCUT2D eigenvalue weighted by atomic mass is 16.5. The third kappa shape index (κ3) is 7.11. The predicted octanol–water partition coefficient (Wildman–Crippen LogP) is 3.27. The Morgan fingerprint density at radius 1 is 1.32 bits per heavy atom. The van der Waals surface area contributed by atoms with E-state index in [1.165, 1.54) is 12.7 Å². The fraction of sp³-hybridized carbons (Fsp3) is 0.529. The number of methoxy groups -OCH3 is 1. The van der Waals surface area contributed by atoms with Gasteiger partial charge in [0, 0.05) is 18.7 Å². The molecule has 5 nitrogen and oxygen atoms in total. The Kier molecular flexibility index (Phi) is 8.04. The van der Waals surface area contributed by atoms with Gasteiger partial charge in [-0.2, -0.15) is 0 Å². The van der Waals surface area contributed by atoms with Gasteiger partial charge in [-0.25, -0.2) is 0 Å². The molecule has 0 unspecified atom stereocenters. The van der Waals surface area contributed by atoms with Crippen molar-refractivity contribution in [2.75, 3.05) is 19.0 Å². The maximum absolute atomic E-state index is 11.0. The van der Waals surface area contributed by atoms with Crippen LogP contribution in [0.1, 0.15) is 51.0 Å². The number of guanidine groups is 1. The van der Waals surface area contributed by atoms with E-state index in [9.17, 15) is 4.79 Å². The second-order valence-corrected chi connectivity index (χ2v) is 5.56. The molecule has 3 N–H and O–H groups in total. The van der Waals surface area contributed by atoms with Crippen LogP contribution in [0.25, 0.3) is 0 Å². The molecule has 0 aromatic heterocycles. The number of ether oxygens (including phenoxy) is 1. The minimum absolute atomic E-state index is 0.158. The predicted molar refractivity (Wildman–Crippen MR) is 91.1 cm³/mol. The zero-order chi connectivity index (χ0) is 16.4. The Morgan fingerprint density at radius 2 is 2.09 bits per heavy atom. The van der Waals surface area contributed by atoms with Crippen LogP contribution >= 0.6 is 0 Å². The molecule has 0 saturated heterocycles. The van der Waals surface area contributed by atoms with E-state index < -0.39 is 0 Å². The molecular weight excluding hydrogens is 278 g/mol. The molecule has 0 bridgehead atoms. The molecule has 0 spiro atoms. The molecule has 22 heavy (non-hydrogen) atoms. The van der Waals surface area contributed by atoms with Crippen molar-refractivity contribution in [3.8, 4) is 0 Å². The van der Waals surface area contributed by atoms with E-state index in [0.29, 0.717) is 24.8 Å². The Labute approximate surface area is 133 Å². The number of hydrogen-bond acceptors (Lipinski definition) is 3. The highest BCUT2D eigenvalue weighted by Gasteiger charge is 2.01. The Morgan fingerprint density at radius 3 is 2.77 bits per heavy atom. The van der Waals surface area contributed by atoms with E-state index in [2.05, 4.69) is 41.0 Å². The summed E-state index contributed by atoms with van der Waals surface area (Å²) in [6.45, 7) is 4.97. The van der Waals surface area contributed by atoms with Crippen molar-refractivity contribution in [2.24, 2.45) is 10.7 Å². The van der Waals surface area contributed by atoms with Crippen molar-refractivity contribution in [3.63, 3.8) is 0 Å². The number of carbonyl (C=O) groups excluding carboxylic acids is 1. The number of nitrogens with zero attached hydrogens (tertiary/aromatic N) is 1. The number of anilines is 1. The second kappa shape index (κ2) is 9.82. The first kappa shape index (κ1) is 18.0. The molecular formula is C17H27N3O2. The molecule has 5 heteroatoms. The van der Waals surface area contributed by atoms with Gasteiger partial charge in [-0.05, 0) is 36.5 Å². The van der Waals surface area contributed by atoms with Gasteiger partial charge in [0.2, 0.25) is 0 Å². The minimum Gasteiger partial charge on any atom is -0.469 e. The van der Waals surface area contributed by atoms with Gasteiger partial charge in [-0.1, -0.05) is 32.4 Å². The number of esters is 1. The molecule has 1 aromatic rings. The van der Waals surface area contributed by atoms with Crippen molar-refractivity contribution < 1.29 is 9.53 Å². The quantitative estimate of drug-likeness (QED) is 0.334. The normalized spacial score (nSPS) is 11.5. The first-order valence-corrected chi connectivity index (χ1v) is 7.76. The molecule has 0 aliphatic carbocycles. The van der Waals surface area contributed by atoms with E-state index in [1.807, 2.05) is 12.1 Å². The largest absolute Gasteiger partial charge is 0.469 e. The first-order chi connectivity index (χ1) is 10.5. The summed E-state index contributed by atoms with van der Waals surface area (Å²) in [5, 5.41) is 3.11. The smallest absolute Gasteiger partial charge is 0.305 e. The molecule has 0 heterocycles. The molecule has 1 aromatic carbocycles. The molecule has 122 valence electrons. The van der Waals surface area contributed by atoms with Crippen LogP contribution in [-0.4, -0.2) is 25.6 Å². The number of hydrogen-bond donors (Lipinski definition) is 2. The van der Waals surface area contributed by atoms with Crippen molar-refractivity contribution in [1.29, 1.82) is 0 Å². The molecule has 1 rings (SSSR count). The summed E-state index contributed by atoms with van der Waals surface area (Å²) in [4.78, 5) is 15.2. The molecule has 0 atom stereocenters. The lowest BCUT2D eigenvalue weighted by atomic mass is 10.0. The number of carbonyl (C=O) groups is 1. The minimum atomic E-state index is -0.158. The van der Waals surface area contributed by atoms with Crippen molar-refractivity contribution in [3.05, 3.63) is 29.8 Å². The van der Waals surface area contributed by atoms with Gasteiger partial charge >= 0.3 is 5.97 Å². The van der Waals surface area contributed by atoms with Crippen LogP contribution < -0.4 is 11.1 Å². The molecule has 0 saturated carbocycles. The number of aliphatic imine (C=N–C) groups is 1. The van der Waals surface area contributed by atoms with Crippen LogP contribution in [0.5, 0.6) is 0 Å². The van der Waals surface area contributed by atoms with Gasteiger partial charge in [0.15, 0.2) is 5.96 Å². The topological polar surface area (TPSA) is 76.7 Å². The maximum Gasteiger partial charge on any atom is 0.305 e. The molecule has 0 aliphatic rings. The van der Waals surface area contributed by atoms with Crippen LogP contribution in [0.4, 0.5) is 5.69 Å². The lowest BCUT2D eigenvalue weighted by molar-refractivity contribution is -0.140. The number of unbranched alkanes of at least 4 members (excludes halogenated alkanes) is 2. The Hall–Kier alpha value is -2.04. The maximum atomic E-state index is 11.0. The highest BCUT2D eigenvalue weighted by Crippen LogP contribution is 2.18. The standard InChI is InChI=1S/C17H27N3O2/c1-13(2)14-8-7-9-15(12-14)20-17(18)19-11-6-4-5-10-16(21)22-3/h7-9,12-13H,4-6,10-11H2,1-3H3,(H3,18,19,20). The Bertz CT molecular complexity index is 498.